The highest BCUT2D eigenvalue weighted by molar-refractivity contribution is 5.97. The minimum absolute atomic E-state index is 0.345. The van der Waals surface area contributed by atoms with Crippen molar-refractivity contribution in [2.75, 3.05) is 13.7 Å². The van der Waals surface area contributed by atoms with Crippen LogP contribution in [-0.2, 0) is 4.79 Å². The number of carbonyl (C=O) groups is 2. The minimum Gasteiger partial charge on any atom is -0.493 e. The third-order valence-corrected chi connectivity index (χ3v) is 2.58. The van der Waals surface area contributed by atoms with Crippen LogP contribution in [0, 0.1) is 0 Å². The molecule has 0 heterocycles. The maximum absolute atomic E-state index is 12.0. The molecule has 118 valence electrons. The van der Waals surface area contributed by atoms with Crippen molar-refractivity contribution in [1.29, 1.82) is 0 Å². The van der Waals surface area contributed by atoms with E-state index >= 15 is 0 Å². The number of methoxy groups -OCH3 is 1. The van der Waals surface area contributed by atoms with Crippen molar-refractivity contribution in [3.05, 3.63) is 48.1 Å². The Bertz CT molecular complexity index is 580. The van der Waals surface area contributed by atoms with Crippen LogP contribution in [-0.4, -0.2) is 25.5 Å². The summed E-state index contributed by atoms with van der Waals surface area (Å²) in [5.41, 5.74) is 4.95. The van der Waals surface area contributed by atoms with Gasteiger partial charge in [-0.05, 0) is 32.0 Å². The Morgan fingerprint density at radius 1 is 1.18 bits per heavy atom. The molecular weight excluding hydrogens is 284 g/mol. The summed E-state index contributed by atoms with van der Waals surface area (Å²) in [7, 11) is 1.49. The lowest BCUT2D eigenvalue weighted by atomic mass is 10.2. The SMILES string of the molecule is C/C=C/C=C/C(=O)NNC(=O)c1ccc(OCC)c(OC)c1. The van der Waals surface area contributed by atoms with Gasteiger partial charge in [0.25, 0.3) is 11.8 Å². The predicted octanol–water partition coefficient (Wildman–Crippen LogP) is 1.99. The quantitative estimate of drug-likeness (QED) is 0.479. The molecule has 1 aromatic carbocycles. The van der Waals surface area contributed by atoms with E-state index in [1.807, 2.05) is 13.8 Å². The Morgan fingerprint density at radius 3 is 2.59 bits per heavy atom. The van der Waals surface area contributed by atoms with Gasteiger partial charge in [-0.2, -0.15) is 0 Å². The molecule has 22 heavy (non-hydrogen) atoms. The van der Waals surface area contributed by atoms with E-state index in [-0.39, 0.29) is 0 Å². The molecule has 0 bridgehead atoms. The number of hydrogen-bond acceptors (Lipinski definition) is 4. The van der Waals surface area contributed by atoms with Gasteiger partial charge in [-0.25, -0.2) is 0 Å². The lowest BCUT2D eigenvalue weighted by Crippen LogP contribution is -2.40. The molecule has 0 aromatic heterocycles. The predicted molar refractivity (Wildman–Crippen MR) is 83.7 cm³/mol. The van der Waals surface area contributed by atoms with Gasteiger partial charge in [0, 0.05) is 11.6 Å². The molecular formula is C16H20N2O4. The molecule has 0 spiro atoms. The number of carbonyl (C=O) groups excluding carboxylic acids is 2. The molecule has 0 atom stereocenters. The maximum Gasteiger partial charge on any atom is 0.269 e. The van der Waals surface area contributed by atoms with Crippen LogP contribution in [0.2, 0.25) is 0 Å². The van der Waals surface area contributed by atoms with Crippen molar-refractivity contribution < 1.29 is 19.1 Å². The lowest BCUT2D eigenvalue weighted by molar-refractivity contribution is -0.117. The summed E-state index contributed by atoms with van der Waals surface area (Å²) in [6.45, 7) is 4.19. The number of amides is 2. The molecule has 2 N–H and O–H groups in total. The molecule has 0 aliphatic rings. The van der Waals surface area contributed by atoms with Gasteiger partial charge >= 0.3 is 0 Å². The molecule has 0 fully saturated rings. The molecule has 1 aromatic rings. The van der Waals surface area contributed by atoms with Crippen LogP contribution in [0.3, 0.4) is 0 Å². The van der Waals surface area contributed by atoms with Crippen molar-refractivity contribution in [3.8, 4) is 11.5 Å². The van der Waals surface area contributed by atoms with E-state index in [4.69, 9.17) is 9.47 Å². The number of hydrazine groups is 1. The number of nitrogens with one attached hydrogen (secondary N) is 2. The molecule has 0 aliphatic carbocycles. The van der Waals surface area contributed by atoms with Gasteiger partial charge in [0.15, 0.2) is 11.5 Å². The van der Waals surface area contributed by atoms with E-state index in [0.717, 1.165) is 0 Å². The first kappa shape index (κ1) is 17.3. The van der Waals surface area contributed by atoms with Gasteiger partial charge < -0.3 is 9.47 Å². The van der Waals surface area contributed by atoms with E-state index < -0.39 is 11.8 Å². The van der Waals surface area contributed by atoms with Crippen LogP contribution in [0.15, 0.2) is 42.5 Å². The first-order valence-electron chi connectivity index (χ1n) is 6.82. The summed E-state index contributed by atoms with van der Waals surface area (Å²) >= 11 is 0. The Morgan fingerprint density at radius 2 is 1.95 bits per heavy atom. The summed E-state index contributed by atoms with van der Waals surface area (Å²) < 4.78 is 10.5. The van der Waals surface area contributed by atoms with Gasteiger partial charge in [-0.1, -0.05) is 18.2 Å². The van der Waals surface area contributed by atoms with Crippen molar-refractivity contribution in [3.63, 3.8) is 0 Å². The fourth-order valence-electron chi connectivity index (χ4n) is 1.57. The number of ether oxygens (including phenoxy) is 2. The van der Waals surface area contributed by atoms with Crippen LogP contribution < -0.4 is 20.3 Å². The summed E-state index contributed by atoms with van der Waals surface area (Å²) in [4.78, 5) is 23.4. The van der Waals surface area contributed by atoms with Gasteiger partial charge in [0.05, 0.1) is 13.7 Å². The second-order valence-electron chi connectivity index (χ2n) is 4.13. The summed E-state index contributed by atoms with van der Waals surface area (Å²) in [5, 5.41) is 0. The topological polar surface area (TPSA) is 76.7 Å². The van der Waals surface area contributed by atoms with Crippen molar-refractivity contribution in [2.24, 2.45) is 0 Å². The van der Waals surface area contributed by atoms with Gasteiger partial charge in [0.2, 0.25) is 0 Å². The van der Waals surface area contributed by atoms with Crippen molar-refractivity contribution in [1.82, 2.24) is 10.9 Å². The van der Waals surface area contributed by atoms with Crippen LogP contribution in [0.4, 0.5) is 0 Å². The molecule has 0 aliphatic heterocycles. The normalized spacial score (nSPS) is 10.7. The Hall–Kier alpha value is -2.76. The average Bonchev–Trinajstić information content (AvgIpc) is 2.53. The van der Waals surface area contributed by atoms with E-state index in [1.165, 1.54) is 13.2 Å². The second kappa shape index (κ2) is 9.23. The number of allylic oxidation sites excluding steroid dienone is 3. The van der Waals surface area contributed by atoms with E-state index in [9.17, 15) is 9.59 Å². The Labute approximate surface area is 129 Å². The highest BCUT2D eigenvalue weighted by Crippen LogP contribution is 2.27. The van der Waals surface area contributed by atoms with Crippen LogP contribution in [0.1, 0.15) is 24.2 Å². The highest BCUT2D eigenvalue weighted by atomic mass is 16.5. The summed E-state index contributed by atoms with van der Waals surface area (Å²) in [6.07, 6.45) is 6.37. The third-order valence-electron chi connectivity index (χ3n) is 2.58. The maximum atomic E-state index is 12.0. The average molecular weight is 304 g/mol. The Balaban J connectivity index is 2.67. The molecule has 0 unspecified atom stereocenters. The molecule has 0 radical (unpaired) electrons. The smallest absolute Gasteiger partial charge is 0.269 e. The zero-order valence-corrected chi connectivity index (χ0v) is 12.9. The van der Waals surface area contributed by atoms with Crippen LogP contribution in [0.5, 0.6) is 11.5 Å². The number of hydrogen-bond donors (Lipinski definition) is 2. The fraction of sp³-hybridized carbons (Fsp3) is 0.250. The van der Waals surface area contributed by atoms with Gasteiger partial charge in [0.1, 0.15) is 0 Å². The number of rotatable bonds is 6. The van der Waals surface area contributed by atoms with Crippen molar-refractivity contribution in [2.45, 2.75) is 13.8 Å². The molecule has 0 saturated carbocycles. The molecule has 1 rings (SSSR count). The largest absolute Gasteiger partial charge is 0.493 e. The fourth-order valence-corrected chi connectivity index (χ4v) is 1.57. The second-order valence-corrected chi connectivity index (χ2v) is 4.13. The molecule has 6 heteroatoms. The van der Waals surface area contributed by atoms with Gasteiger partial charge in [-0.15, -0.1) is 0 Å². The zero-order valence-electron chi connectivity index (χ0n) is 12.9. The first-order valence-corrected chi connectivity index (χ1v) is 6.82. The van der Waals surface area contributed by atoms with E-state index in [1.54, 1.807) is 36.4 Å². The summed E-state index contributed by atoms with van der Waals surface area (Å²) in [5.74, 6) is 0.132. The highest BCUT2D eigenvalue weighted by Gasteiger charge is 2.11. The Kier molecular flexibility index (Phi) is 7.25. The van der Waals surface area contributed by atoms with Crippen molar-refractivity contribution >= 4 is 11.8 Å². The third kappa shape index (κ3) is 5.32. The van der Waals surface area contributed by atoms with Crippen LogP contribution >= 0.6 is 0 Å². The molecule has 2 amide bonds. The zero-order chi connectivity index (χ0) is 16.4. The molecule has 0 saturated heterocycles. The lowest BCUT2D eigenvalue weighted by Gasteiger charge is -2.11. The minimum atomic E-state index is -0.450. The monoisotopic (exact) mass is 304 g/mol. The molecule has 6 nitrogen and oxygen atoms in total. The summed E-state index contributed by atoms with van der Waals surface area (Å²) in [6, 6.07) is 4.78. The first-order chi connectivity index (χ1) is 10.6. The van der Waals surface area contributed by atoms with E-state index in [0.29, 0.717) is 23.7 Å². The van der Waals surface area contributed by atoms with Crippen LogP contribution in [0.25, 0.3) is 0 Å². The van der Waals surface area contributed by atoms with E-state index in [2.05, 4.69) is 10.9 Å². The number of benzene rings is 1. The van der Waals surface area contributed by atoms with Gasteiger partial charge in [-0.3, -0.25) is 20.4 Å². The standard InChI is InChI=1S/C16H20N2O4/c1-4-6-7-8-15(19)17-18-16(20)12-9-10-13(22-5-2)14(11-12)21-3/h4,6-11H,5H2,1-3H3,(H,17,19)(H,18,20)/b6-4+,8-7+.